The molecule has 0 bridgehead atoms. The van der Waals surface area contributed by atoms with E-state index in [2.05, 4.69) is 81.5 Å². The number of hydrogen-bond acceptors (Lipinski definition) is 0. The molecule has 1 atom stereocenters. The lowest BCUT2D eigenvalue weighted by Gasteiger charge is -2.37. The first-order valence-electron chi connectivity index (χ1n) is 9.94. The molecule has 0 aromatic heterocycles. The van der Waals surface area contributed by atoms with Gasteiger partial charge in [-0.2, -0.15) is 0 Å². The SMILES string of the molecule is Bc1ccc2c(c1)C(C1=CC=C(F)CC1)(c1ccc(C)cc1)c1ccccc1-2. The lowest BCUT2D eigenvalue weighted by molar-refractivity contribution is 0.563. The van der Waals surface area contributed by atoms with E-state index < -0.39 is 0 Å². The van der Waals surface area contributed by atoms with Crippen LogP contribution in [0.25, 0.3) is 11.1 Å². The van der Waals surface area contributed by atoms with Crippen molar-refractivity contribution in [2.75, 3.05) is 0 Å². The molecule has 2 aliphatic carbocycles. The Balaban J connectivity index is 1.92. The van der Waals surface area contributed by atoms with E-state index in [1.807, 2.05) is 6.08 Å². The first-order valence-corrected chi connectivity index (χ1v) is 9.94. The quantitative estimate of drug-likeness (QED) is 0.552. The van der Waals surface area contributed by atoms with E-state index in [0.717, 1.165) is 6.42 Å². The second-order valence-electron chi connectivity index (χ2n) is 8.02. The zero-order valence-corrected chi connectivity index (χ0v) is 16.3. The predicted octanol–water partition coefficient (Wildman–Crippen LogP) is 5.14. The highest BCUT2D eigenvalue weighted by Gasteiger charge is 2.47. The summed E-state index contributed by atoms with van der Waals surface area (Å²) < 4.78 is 13.9. The molecule has 2 aliphatic rings. The van der Waals surface area contributed by atoms with Crippen LogP contribution in [0, 0.1) is 6.92 Å². The van der Waals surface area contributed by atoms with Crippen molar-refractivity contribution in [3.05, 3.63) is 113 Å². The summed E-state index contributed by atoms with van der Waals surface area (Å²) in [6.45, 7) is 2.12. The van der Waals surface area contributed by atoms with E-state index in [1.165, 1.54) is 44.4 Å². The van der Waals surface area contributed by atoms with Crippen molar-refractivity contribution in [3.63, 3.8) is 0 Å². The molecule has 136 valence electrons. The predicted molar refractivity (Wildman–Crippen MR) is 118 cm³/mol. The number of fused-ring (bicyclic) bond motifs is 3. The van der Waals surface area contributed by atoms with Crippen LogP contribution in [-0.2, 0) is 5.41 Å². The Hall–Kier alpha value is -2.87. The summed E-state index contributed by atoms with van der Waals surface area (Å²) in [6.07, 6.45) is 4.89. The minimum absolute atomic E-state index is 0.0291. The average molecular weight is 364 g/mol. The molecule has 0 nitrogen and oxygen atoms in total. The van der Waals surface area contributed by atoms with E-state index in [0.29, 0.717) is 6.42 Å². The van der Waals surface area contributed by atoms with Gasteiger partial charge < -0.3 is 0 Å². The second-order valence-corrected chi connectivity index (χ2v) is 8.02. The molecule has 0 spiro atoms. The van der Waals surface area contributed by atoms with Gasteiger partial charge in [-0.3, -0.25) is 0 Å². The zero-order chi connectivity index (χ0) is 19.3. The minimum atomic E-state index is -0.358. The molecule has 3 aromatic rings. The summed E-state index contributed by atoms with van der Waals surface area (Å²) in [5, 5.41) is 0. The zero-order valence-electron chi connectivity index (χ0n) is 16.3. The molecule has 5 rings (SSSR count). The molecule has 2 heteroatoms. The first-order chi connectivity index (χ1) is 13.6. The van der Waals surface area contributed by atoms with Crippen molar-refractivity contribution in [2.45, 2.75) is 25.2 Å². The third kappa shape index (κ3) is 2.37. The summed E-state index contributed by atoms with van der Waals surface area (Å²) in [5.41, 5.74) is 9.88. The summed E-state index contributed by atoms with van der Waals surface area (Å²) in [7, 11) is 2.15. The highest BCUT2D eigenvalue weighted by Crippen LogP contribution is 2.57. The van der Waals surface area contributed by atoms with Crippen LogP contribution in [0.15, 0.2) is 90.3 Å². The van der Waals surface area contributed by atoms with Gasteiger partial charge in [0.15, 0.2) is 0 Å². The second kappa shape index (κ2) is 6.34. The topological polar surface area (TPSA) is 0 Å². The summed E-state index contributed by atoms with van der Waals surface area (Å²) >= 11 is 0. The van der Waals surface area contributed by atoms with Gasteiger partial charge in [0.1, 0.15) is 13.7 Å². The fourth-order valence-electron chi connectivity index (χ4n) is 4.96. The van der Waals surface area contributed by atoms with Gasteiger partial charge in [-0.15, -0.1) is 0 Å². The fraction of sp³-hybridized carbons (Fsp3) is 0.154. The highest BCUT2D eigenvalue weighted by molar-refractivity contribution is 6.32. The Labute approximate surface area is 166 Å². The van der Waals surface area contributed by atoms with Crippen molar-refractivity contribution in [1.82, 2.24) is 0 Å². The maximum atomic E-state index is 13.9. The Kier molecular flexibility index (Phi) is 3.91. The van der Waals surface area contributed by atoms with E-state index in [-0.39, 0.29) is 11.2 Å². The monoisotopic (exact) mass is 364 g/mol. The molecule has 0 saturated heterocycles. The van der Waals surface area contributed by atoms with Crippen LogP contribution in [0.1, 0.15) is 35.1 Å². The molecule has 0 saturated carbocycles. The van der Waals surface area contributed by atoms with Crippen molar-refractivity contribution < 1.29 is 4.39 Å². The van der Waals surface area contributed by atoms with Gasteiger partial charge in [0, 0.05) is 6.42 Å². The molecular formula is C26H22BF. The van der Waals surface area contributed by atoms with Gasteiger partial charge in [-0.25, -0.2) is 4.39 Å². The van der Waals surface area contributed by atoms with Gasteiger partial charge in [0.2, 0.25) is 0 Å². The van der Waals surface area contributed by atoms with Crippen molar-refractivity contribution in [2.24, 2.45) is 0 Å². The lowest BCUT2D eigenvalue weighted by atomic mass is 9.65. The third-order valence-electron chi connectivity index (χ3n) is 6.27. The molecule has 0 amide bonds. The maximum Gasteiger partial charge on any atom is 0.139 e. The molecule has 3 aromatic carbocycles. The number of hydrogen-bond donors (Lipinski definition) is 0. The molecule has 0 radical (unpaired) electrons. The van der Waals surface area contributed by atoms with Gasteiger partial charge >= 0.3 is 0 Å². The summed E-state index contributed by atoms with van der Waals surface area (Å²) in [4.78, 5) is 0. The number of benzene rings is 3. The number of rotatable bonds is 2. The van der Waals surface area contributed by atoms with Crippen molar-refractivity contribution >= 4 is 13.3 Å². The largest absolute Gasteiger partial charge is 0.212 e. The summed E-state index contributed by atoms with van der Waals surface area (Å²) in [5.74, 6) is -0.0291. The van der Waals surface area contributed by atoms with Crippen molar-refractivity contribution in [1.29, 1.82) is 0 Å². The smallest absolute Gasteiger partial charge is 0.139 e. The lowest BCUT2D eigenvalue weighted by Crippen LogP contribution is -2.31. The van der Waals surface area contributed by atoms with Gasteiger partial charge in [0.25, 0.3) is 0 Å². The summed E-state index contributed by atoms with van der Waals surface area (Å²) in [6, 6.07) is 24.3. The van der Waals surface area contributed by atoms with Crippen LogP contribution >= 0.6 is 0 Å². The Morgan fingerprint density at radius 1 is 0.821 bits per heavy atom. The van der Waals surface area contributed by atoms with E-state index in [4.69, 9.17) is 0 Å². The Morgan fingerprint density at radius 3 is 2.32 bits per heavy atom. The van der Waals surface area contributed by atoms with Gasteiger partial charge in [0.05, 0.1) is 5.41 Å². The molecule has 0 aliphatic heterocycles. The molecule has 0 fully saturated rings. The Morgan fingerprint density at radius 2 is 1.57 bits per heavy atom. The van der Waals surface area contributed by atoms with Crippen molar-refractivity contribution in [3.8, 4) is 11.1 Å². The van der Waals surface area contributed by atoms with Gasteiger partial charge in [-0.1, -0.05) is 89.4 Å². The molecule has 0 heterocycles. The van der Waals surface area contributed by atoms with Crippen LogP contribution in [0.2, 0.25) is 0 Å². The maximum absolute atomic E-state index is 13.9. The fourth-order valence-corrected chi connectivity index (χ4v) is 4.96. The normalized spacial score (nSPS) is 20.2. The van der Waals surface area contributed by atoms with Crippen LogP contribution < -0.4 is 5.46 Å². The molecule has 1 unspecified atom stereocenters. The molecular weight excluding hydrogens is 342 g/mol. The molecule has 28 heavy (non-hydrogen) atoms. The van der Waals surface area contributed by atoms with E-state index in [1.54, 1.807) is 6.08 Å². The number of allylic oxidation sites excluding steroid dienone is 4. The highest BCUT2D eigenvalue weighted by atomic mass is 19.1. The van der Waals surface area contributed by atoms with Crippen LogP contribution in [-0.4, -0.2) is 7.85 Å². The number of halogens is 1. The Bertz CT molecular complexity index is 1140. The van der Waals surface area contributed by atoms with Crippen LogP contribution in [0.5, 0.6) is 0 Å². The standard InChI is InChI=1S/C26H22BF/c1-17-6-8-18(9-7-17)26(19-10-13-21(28)14-11-19)24-5-3-2-4-22(24)23-15-12-20(27)16-25(23)26/h2-10,12-13,15-16H,11,14,27H2,1H3. The first kappa shape index (κ1) is 17.2. The van der Waals surface area contributed by atoms with Gasteiger partial charge in [-0.05, 0) is 47.2 Å². The van der Waals surface area contributed by atoms with Crippen LogP contribution in [0.3, 0.4) is 0 Å². The third-order valence-corrected chi connectivity index (χ3v) is 6.27. The van der Waals surface area contributed by atoms with Crippen LogP contribution in [0.4, 0.5) is 4.39 Å². The minimum Gasteiger partial charge on any atom is -0.212 e. The molecule has 0 N–H and O–H groups in total. The number of aryl methyl sites for hydroxylation is 1. The van der Waals surface area contributed by atoms with E-state index in [9.17, 15) is 4.39 Å². The van der Waals surface area contributed by atoms with E-state index >= 15 is 0 Å². The average Bonchev–Trinajstić information content (AvgIpc) is 3.00.